The van der Waals surface area contributed by atoms with Gasteiger partial charge >= 0.3 is 5.97 Å². The van der Waals surface area contributed by atoms with Crippen LogP contribution in [-0.2, 0) is 14.3 Å². The highest BCUT2D eigenvalue weighted by Crippen LogP contribution is 2.28. The lowest BCUT2D eigenvalue weighted by molar-refractivity contribution is -0.151. The van der Waals surface area contributed by atoms with Gasteiger partial charge in [0, 0.05) is 30.5 Å². The van der Waals surface area contributed by atoms with Crippen molar-refractivity contribution in [1.29, 1.82) is 0 Å². The molecule has 1 atom stereocenters. The molecule has 0 spiro atoms. The van der Waals surface area contributed by atoms with E-state index in [0.717, 1.165) is 43.7 Å². The third-order valence-electron chi connectivity index (χ3n) is 4.34. The molecule has 1 unspecified atom stereocenters. The molecule has 0 aromatic heterocycles. The van der Waals surface area contributed by atoms with Crippen molar-refractivity contribution < 1.29 is 14.3 Å². The maximum absolute atomic E-state index is 12.3. The van der Waals surface area contributed by atoms with Crippen molar-refractivity contribution in [2.24, 2.45) is 0 Å². The van der Waals surface area contributed by atoms with Gasteiger partial charge in [-0.25, -0.2) is 4.79 Å². The minimum Gasteiger partial charge on any atom is -0.467 e. The number of carbonyl (C=O) groups is 2. The summed E-state index contributed by atoms with van der Waals surface area (Å²) in [4.78, 5) is 24.6. The Labute approximate surface area is 130 Å². The number of thioether (sulfide) groups is 1. The average molecular weight is 314 g/mol. The first kappa shape index (κ1) is 16.6. The van der Waals surface area contributed by atoms with Crippen molar-refractivity contribution in [1.82, 2.24) is 10.6 Å². The van der Waals surface area contributed by atoms with Gasteiger partial charge < -0.3 is 15.4 Å². The monoisotopic (exact) mass is 314 g/mol. The molecule has 0 radical (unpaired) electrons. The van der Waals surface area contributed by atoms with E-state index in [-0.39, 0.29) is 17.9 Å². The number of carbonyl (C=O) groups excluding carboxylic acids is 2. The topological polar surface area (TPSA) is 67.4 Å². The summed E-state index contributed by atoms with van der Waals surface area (Å²) in [6, 6.07) is 0.212. The Morgan fingerprint density at radius 1 is 1.29 bits per heavy atom. The van der Waals surface area contributed by atoms with Crippen LogP contribution in [0, 0.1) is 0 Å². The van der Waals surface area contributed by atoms with Crippen LogP contribution in [0.3, 0.4) is 0 Å². The fraction of sp³-hybridized carbons (Fsp3) is 0.867. The van der Waals surface area contributed by atoms with Crippen molar-refractivity contribution in [3.05, 3.63) is 0 Å². The zero-order chi connectivity index (χ0) is 15.1. The van der Waals surface area contributed by atoms with Gasteiger partial charge in [-0.1, -0.05) is 25.7 Å². The molecule has 1 aliphatic carbocycles. The number of amides is 1. The van der Waals surface area contributed by atoms with Gasteiger partial charge in [-0.3, -0.25) is 4.79 Å². The molecule has 0 aromatic rings. The fourth-order valence-electron chi connectivity index (χ4n) is 3.20. The largest absolute Gasteiger partial charge is 0.467 e. The SMILES string of the molecule is COC(=O)C1(NC(=O)CC2CSCCN2)CCCCCC1. The van der Waals surface area contributed by atoms with Crippen LogP contribution in [0.25, 0.3) is 0 Å². The van der Waals surface area contributed by atoms with Crippen LogP contribution in [0.1, 0.15) is 44.9 Å². The second-order valence-electron chi connectivity index (χ2n) is 5.97. The van der Waals surface area contributed by atoms with E-state index >= 15 is 0 Å². The van der Waals surface area contributed by atoms with Gasteiger partial charge in [0.15, 0.2) is 0 Å². The standard InChI is InChI=1S/C15H26N2O3S/c1-20-14(19)15(6-4-2-3-5-7-15)17-13(18)10-12-11-21-9-8-16-12/h12,16H,2-11H2,1H3,(H,17,18). The summed E-state index contributed by atoms with van der Waals surface area (Å²) in [5, 5.41) is 6.37. The molecular formula is C15H26N2O3S. The number of nitrogens with one attached hydrogen (secondary N) is 2. The lowest BCUT2D eigenvalue weighted by Crippen LogP contribution is -2.56. The van der Waals surface area contributed by atoms with Crippen LogP contribution in [0.2, 0.25) is 0 Å². The van der Waals surface area contributed by atoms with E-state index in [1.54, 1.807) is 0 Å². The maximum atomic E-state index is 12.3. The molecular weight excluding hydrogens is 288 g/mol. The molecule has 2 N–H and O–H groups in total. The van der Waals surface area contributed by atoms with E-state index in [1.165, 1.54) is 7.11 Å². The Morgan fingerprint density at radius 3 is 2.57 bits per heavy atom. The molecule has 2 rings (SSSR count). The predicted octanol–water partition coefficient (Wildman–Crippen LogP) is 1.46. The highest BCUT2D eigenvalue weighted by atomic mass is 32.2. The summed E-state index contributed by atoms with van der Waals surface area (Å²) in [5.41, 5.74) is -0.801. The molecule has 21 heavy (non-hydrogen) atoms. The highest BCUT2D eigenvalue weighted by Gasteiger charge is 2.41. The third-order valence-corrected chi connectivity index (χ3v) is 5.47. The van der Waals surface area contributed by atoms with Gasteiger partial charge in [0.25, 0.3) is 0 Å². The smallest absolute Gasteiger partial charge is 0.331 e. The van der Waals surface area contributed by atoms with Crippen LogP contribution in [-0.4, -0.2) is 48.6 Å². The normalized spacial score (nSPS) is 25.7. The minimum atomic E-state index is -0.801. The van der Waals surface area contributed by atoms with E-state index in [9.17, 15) is 9.59 Å². The van der Waals surface area contributed by atoms with Crippen molar-refractivity contribution in [2.75, 3.05) is 25.2 Å². The van der Waals surface area contributed by atoms with Crippen LogP contribution in [0.5, 0.6) is 0 Å². The summed E-state index contributed by atoms with van der Waals surface area (Å²) in [6.45, 7) is 0.949. The summed E-state index contributed by atoms with van der Waals surface area (Å²) in [6.07, 6.45) is 5.99. The van der Waals surface area contributed by atoms with E-state index in [1.807, 2.05) is 11.8 Å². The van der Waals surface area contributed by atoms with Gasteiger partial charge in [-0.05, 0) is 12.8 Å². The summed E-state index contributed by atoms with van der Waals surface area (Å²) < 4.78 is 4.97. The summed E-state index contributed by atoms with van der Waals surface area (Å²) in [5.74, 6) is 1.73. The van der Waals surface area contributed by atoms with Crippen molar-refractivity contribution in [2.45, 2.75) is 56.5 Å². The van der Waals surface area contributed by atoms with Gasteiger partial charge in [0.05, 0.1) is 7.11 Å². The van der Waals surface area contributed by atoms with E-state index in [0.29, 0.717) is 19.3 Å². The maximum Gasteiger partial charge on any atom is 0.331 e. The van der Waals surface area contributed by atoms with Crippen LogP contribution in [0.15, 0.2) is 0 Å². The van der Waals surface area contributed by atoms with Crippen molar-refractivity contribution in [3.8, 4) is 0 Å². The minimum absolute atomic E-state index is 0.0395. The molecule has 1 saturated carbocycles. The average Bonchev–Trinajstić information content (AvgIpc) is 2.73. The molecule has 1 amide bonds. The van der Waals surface area contributed by atoms with E-state index < -0.39 is 5.54 Å². The first-order valence-corrected chi connectivity index (χ1v) is 9.02. The lowest BCUT2D eigenvalue weighted by atomic mass is 9.89. The van der Waals surface area contributed by atoms with Crippen LogP contribution >= 0.6 is 11.8 Å². The number of hydrogen-bond acceptors (Lipinski definition) is 5. The number of ether oxygens (including phenoxy) is 1. The first-order chi connectivity index (χ1) is 10.2. The Balaban J connectivity index is 1.96. The molecule has 2 fully saturated rings. The van der Waals surface area contributed by atoms with Crippen molar-refractivity contribution >= 4 is 23.6 Å². The lowest BCUT2D eigenvalue weighted by Gasteiger charge is -2.32. The third kappa shape index (κ3) is 4.61. The summed E-state index contributed by atoms with van der Waals surface area (Å²) >= 11 is 1.87. The van der Waals surface area contributed by atoms with Gasteiger partial charge in [-0.15, -0.1) is 0 Å². The Hall–Kier alpha value is -0.750. The number of rotatable bonds is 4. The molecule has 1 aliphatic heterocycles. The van der Waals surface area contributed by atoms with Gasteiger partial charge in [0.2, 0.25) is 5.91 Å². The van der Waals surface area contributed by atoms with Gasteiger partial charge in [0.1, 0.15) is 5.54 Å². The zero-order valence-corrected chi connectivity index (χ0v) is 13.6. The Morgan fingerprint density at radius 2 is 2.00 bits per heavy atom. The molecule has 1 saturated heterocycles. The van der Waals surface area contributed by atoms with Crippen LogP contribution < -0.4 is 10.6 Å². The fourth-order valence-corrected chi connectivity index (χ4v) is 4.15. The summed E-state index contributed by atoms with van der Waals surface area (Å²) in [7, 11) is 1.40. The molecule has 0 aromatic carbocycles. The zero-order valence-electron chi connectivity index (χ0n) is 12.8. The predicted molar refractivity (Wildman–Crippen MR) is 84.3 cm³/mol. The number of hydrogen-bond donors (Lipinski definition) is 2. The molecule has 120 valence electrons. The molecule has 5 nitrogen and oxygen atoms in total. The van der Waals surface area contributed by atoms with Crippen molar-refractivity contribution in [3.63, 3.8) is 0 Å². The first-order valence-electron chi connectivity index (χ1n) is 7.87. The van der Waals surface area contributed by atoms with E-state index in [2.05, 4.69) is 10.6 Å². The quantitative estimate of drug-likeness (QED) is 0.607. The van der Waals surface area contributed by atoms with Crippen LogP contribution in [0.4, 0.5) is 0 Å². The van der Waals surface area contributed by atoms with E-state index in [4.69, 9.17) is 4.74 Å². The molecule has 2 aliphatic rings. The second kappa shape index (κ2) is 8.03. The number of esters is 1. The second-order valence-corrected chi connectivity index (χ2v) is 7.12. The number of methoxy groups -OCH3 is 1. The molecule has 6 heteroatoms. The molecule has 1 heterocycles. The highest BCUT2D eigenvalue weighted by molar-refractivity contribution is 7.99. The molecule has 0 bridgehead atoms. The Bertz CT molecular complexity index is 362. The Kier molecular flexibility index (Phi) is 6.36. The van der Waals surface area contributed by atoms with Gasteiger partial charge in [-0.2, -0.15) is 11.8 Å².